The van der Waals surface area contributed by atoms with Crippen LogP contribution >= 0.6 is 11.6 Å². The standard InChI is InChI=1S/C16H15ClF3N/c1-9(2)21-8-10-3-4-14(18)12(5-10)11-6-15(19)16(20)7-13(11)17/h3-7,9,21H,8H2,1-2H3. The van der Waals surface area contributed by atoms with Gasteiger partial charge in [0.2, 0.25) is 0 Å². The molecular weight excluding hydrogens is 299 g/mol. The molecule has 0 radical (unpaired) electrons. The number of nitrogens with one attached hydrogen (secondary N) is 1. The van der Waals surface area contributed by atoms with Crippen LogP contribution in [0.4, 0.5) is 13.2 Å². The van der Waals surface area contributed by atoms with Crippen molar-refractivity contribution in [2.24, 2.45) is 0 Å². The van der Waals surface area contributed by atoms with Crippen molar-refractivity contribution < 1.29 is 13.2 Å². The molecule has 0 aliphatic rings. The van der Waals surface area contributed by atoms with Gasteiger partial charge < -0.3 is 5.32 Å². The number of hydrogen-bond donors (Lipinski definition) is 1. The van der Waals surface area contributed by atoms with Gasteiger partial charge in [0.05, 0.1) is 5.02 Å². The molecule has 21 heavy (non-hydrogen) atoms. The quantitative estimate of drug-likeness (QED) is 0.790. The van der Waals surface area contributed by atoms with Crippen LogP contribution in [-0.4, -0.2) is 6.04 Å². The minimum atomic E-state index is -1.06. The Kier molecular flexibility index (Phi) is 4.91. The molecular formula is C16H15ClF3N. The van der Waals surface area contributed by atoms with Gasteiger partial charge in [0, 0.05) is 23.7 Å². The Balaban J connectivity index is 2.43. The summed E-state index contributed by atoms with van der Waals surface area (Å²) in [6.07, 6.45) is 0. The van der Waals surface area contributed by atoms with E-state index in [9.17, 15) is 13.2 Å². The Hall–Kier alpha value is -1.52. The molecule has 0 heterocycles. The molecule has 0 bridgehead atoms. The second-order valence-corrected chi connectivity index (χ2v) is 5.50. The zero-order valence-electron chi connectivity index (χ0n) is 11.7. The van der Waals surface area contributed by atoms with Crippen LogP contribution in [0.25, 0.3) is 11.1 Å². The van der Waals surface area contributed by atoms with Crippen molar-refractivity contribution in [2.45, 2.75) is 26.4 Å². The van der Waals surface area contributed by atoms with Crippen molar-refractivity contribution in [3.05, 3.63) is 58.4 Å². The highest BCUT2D eigenvalue weighted by atomic mass is 35.5. The smallest absolute Gasteiger partial charge is 0.160 e. The first-order valence-corrected chi connectivity index (χ1v) is 6.93. The summed E-state index contributed by atoms with van der Waals surface area (Å²) in [5.41, 5.74) is 1.13. The molecule has 0 fully saturated rings. The Morgan fingerprint density at radius 2 is 1.62 bits per heavy atom. The van der Waals surface area contributed by atoms with E-state index in [0.717, 1.165) is 17.7 Å². The van der Waals surface area contributed by atoms with Gasteiger partial charge in [-0.1, -0.05) is 31.5 Å². The fourth-order valence-electron chi connectivity index (χ4n) is 1.94. The van der Waals surface area contributed by atoms with E-state index in [1.807, 2.05) is 13.8 Å². The second kappa shape index (κ2) is 6.50. The van der Waals surface area contributed by atoms with Gasteiger partial charge in [0.25, 0.3) is 0 Å². The summed E-state index contributed by atoms with van der Waals surface area (Å²) in [6.45, 7) is 4.54. The molecule has 0 unspecified atom stereocenters. The fraction of sp³-hybridized carbons (Fsp3) is 0.250. The molecule has 0 atom stereocenters. The van der Waals surface area contributed by atoms with Gasteiger partial charge in [-0.15, -0.1) is 0 Å². The third kappa shape index (κ3) is 3.77. The lowest BCUT2D eigenvalue weighted by Gasteiger charge is -2.11. The SMILES string of the molecule is CC(C)NCc1ccc(F)c(-c2cc(F)c(F)cc2Cl)c1. The molecule has 112 valence electrons. The molecule has 2 aromatic rings. The van der Waals surface area contributed by atoms with Gasteiger partial charge in [-0.3, -0.25) is 0 Å². The Bertz CT molecular complexity index is 656. The van der Waals surface area contributed by atoms with Gasteiger partial charge in [0.15, 0.2) is 11.6 Å². The number of halogens is 4. The molecule has 0 aliphatic carbocycles. The van der Waals surface area contributed by atoms with Crippen molar-refractivity contribution in [1.82, 2.24) is 5.32 Å². The molecule has 2 rings (SSSR count). The Morgan fingerprint density at radius 3 is 2.29 bits per heavy atom. The maximum Gasteiger partial charge on any atom is 0.160 e. The predicted molar refractivity (Wildman–Crippen MR) is 78.7 cm³/mol. The zero-order chi connectivity index (χ0) is 15.6. The summed E-state index contributed by atoms with van der Waals surface area (Å²) in [4.78, 5) is 0. The lowest BCUT2D eigenvalue weighted by atomic mass is 10.0. The molecule has 1 N–H and O–H groups in total. The molecule has 5 heteroatoms. The largest absolute Gasteiger partial charge is 0.310 e. The second-order valence-electron chi connectivity index (χ2n) is 5.10. The number of hydrogen-bond acceptors (Lipinski definition) is 1. The number of rotatable bonds is 4. The maximum absolute atomic E-state index is 14.0. The van der Waals surface area contributed by atoms with E-state index in [1.165, 1.54) is 6.07 Å². The lowest BCUT2D eigenvalue weighted by molar-refractivity contribution is 0.509. The highest BCUT2D eigenvalue weighted by Gasteiger charge is 2.14. The van der Waals surface area contributed by atoms with E-state index in [4.69, 9.17) is 11.6 Å². The minimum Gasteiger partial charge on any atom is -0.310 e. The molecule has 1 nitrogen and oxygen atoms in total. The van der Waals surface area contributed by atoms with Gasteiger partial charge in [-0.2, -0.15) is 0 Å². The average Bonchev–Trinajstić information content (AvgIpc) is 2.42. The van der Waals surface area contributed by atoms with Crippen LogP contribution < -0.4 is 5.32 Å². The van der Waals surface area contributed by atoms with Crippen molar-refractivity contribution >= 4 is 11.6 Å². The van der Waals surface area contributed by atoms with Gasteiger partial charge in [-0.05, 0) is 29.8 Å². The zero-order valence-corrected chi connectivity index (χ0v) is 12.4. The Morgan fingerprint density at radius 1 is 0.952 bits per heavy atom. The normalized spacial score (nSPS) is 11.2. The van der Waals surface area contributed by atoms with Crippen LogP contribution in [0, 0.1) is 17.5 Å². The first kappa shape index (κ1) is 15.9. The molecule has 0 aromatic heterocycles. The molecule has 2 aromatic carbocycles. The van der Waals surface area contributed by atoms with Gasteiger partial charge in [0.1, 0.15) is 5.82 Å². The van der Waals surface area contributed by atoms with Crippen LogP contribution in [0.5, 0.6) is 0 Å². The maximum atomic E-state index is 14.0. The topological polar surface area (TPSA) is 12.0 Å². The van der Waals surface area contributed by atoms with Crippen LogP contribution in [0.3, 0.4) is 0 Å². The summed E-state index contributed by atoms with van der Waals surface area (Å²) in [6, 6.07) is 6.57. The summed E-state index contributed by atoms with van der Waals surface area (Å²) in [5, 5.41) is 3.18. The summed E-state index contributed by atoms with van der Waals surface area (Å²) < 4.78 is 40.4. The molecule has 0 saturated heterocycles. The predicted octanol–water partition coefficient (Wildman–Crippen LogP) is 4.92. The van der Waals surface area contributed by atoms with Gasteiger partial charge in [-0.25, -0.2) is 13.2 Å². The van der Waals surface area contributed by atoms with E-state index in [0.29, 0.717) is 6.54 Å². The third-order valence-corrected chi connectivity index (χ3v) is 3.36. The van der Waals surface area contributed by atoms with E-state index >= 15 is 0 Å². The highest BCUT2D eigenvalue weighted by Crippen LogP contribution is 2.32. The molecule has 0 saturated carbocycles. The summed E-state index contributed by atoms with van der Waals surface area (Å²) in [7, 11) is 0. The van der Waals surface area contributed by atoms with Crippen LogP contribution in [0.1, 0.15) is 19.4 Å². The Labute approximate surface area is 126 Å². The number of benzene rings is 2. The van der Waals surface area contributed by atoms with E-state index in [1.54, 1.807) is 12.1 Å². The molecule has 0 amide bonds. The summed E-state index contributed by atoms with van der Waals surface area (Å²) >= 11 is 5.90. The van der Waals surface area contributed by atoms with E-state index in [2.05, 4.69) is 5.32 Å². The molecule has 0 aliphatic heterocycles. The van der Waals surface area contributed by atoms with Gasteiger partial charge >= 0.3 is 0 Å². The van der Waals surface area contributed by atoms with Crippen LogP contribution in [0.15, 0.2) is 30.3 Å². The first-order chi connectivity index (χ1) is 9.88. The van der Waals surface area contributed by atoms with Crippen molar-refractivity contribution in [1.29, 1.82) is 0 Å². The monoisotopic (exact) mass is 313 g/mol. The highest BCUT2D eigenvalue weighted by molar-refractivity contribution is 6.33. The van der Waals surface area contributed by atoms with Crippen molar-refractivity contribution in [2.75, 3.05) is 0 Å². The van der Waals surface area contributed by atoms with E-state index < -0.39 is 17.5 Å². The van der Waals surface area contributed by atoms with Crippen LogP contribution in [0.2, 0.25) is 5.02 Å². The lowest BCUT2D eigenvalue weighted by Crippen LogP contribution is -2.21. The van der Waals surface area contributed by atoms with Crippen molar-refractivity contribution in [3.8, 4) is 11.1 Å². The minimum absolute atomic E-state index is 0.0261. The molecule has 0 spiro atoms. The third-order valence-electron chi connectivity index (χ3n) is 3.05. The fourth-order valence-corrected chi connectivity index (χ4v) is 2.19. The van der Waals surface area contributed by atoms with Crippen molar-refractivity contribution in [3.63, 3.8) is 0 Å². The van der Waals surface area contributed by atoms with E-state index in [-0.39, 0.29) is 22.2 Å². The van der Waals surface area contributed by atoms with Crippen LogP contribution in [-0.2, 0) is 6.54 Å². The average molecular weight is 314 g/mol. The first-order valence-electron chi connectivity index (χ1n) is 6.55. The summed E-state index contributed by atoms with van der Waals surface area (Å²) in [5.74, 6) is -2.64.